The Balaban J connectivity index is 1.59. The number of hydrogen-bond donors (Lipinski definition) is 1. The molecule has 1 aliphatic heterocycles. The molecule has 1 N–H and O–H groups in total. The molecule has 1 amide bonds. The molecule has 6 heteroatoms. The van der Waals surface area contributed by atoms with Gasteiger partial charge in [-0.1, -0.05) is 18.2 Å². The normalized spacial score (nSPS) is 14.5. The first kappa shape index (κ1) is 14.6. The van der Waals surface area contributed by atoms with Gasteiger partial charge in [0, 0.05) is 23.5 Å². The summed E-state index contributed by atoms with van der Waals surface area (Å²) in [6, 6.07) is 12.9. The average molecular weight is 322 g/mol. The number of nitrogens with zero attached hydrogens (tertiary/aromatic N) is 3. The van der Waals surface area contributed by atoms with Crippen LogP contribution in [0, 0.1) is 0 Å². The number of halogens is 1. The van der Waals surface area contributed by atoms with Crippen LogP contribution in [0.5, 0.6) is 0 Å². The molecule has 3 aromatic rings. The van der Waals surface area contributed by atoms with E-state index in [0.717, 1.165) is 16.6 Å². The molecular formula is C18H15FN4O. The molecule has 0 aliphatic carbocycles. The number of carbonyl (C=O) groups excluding carboxylic acids is 1. The SMILES string of the molecule is O=C(Nc1cccc2cccnc12)c1cc(N2CC(F)C2)ccn1. The summed E-state index contributed by atoms with van der Waals surface area (Å²) in [6.07, 6.45) is 2.46. The van der Waals surface area contributed by atoms with E-state index in [2.05, 4.69) is 15.3 Å². The third-order valence-electron chi connectivity index (χ3n) is 4.06. The van der Waals surface area contributed by atoms with Crippen LogP contribution >= 0.6 is 0 Å². The summed E-state index contributed by atoms with van der Waals surface area (Å²) in [7, 11) is 0. The lowest BCUT2D eigenvalue weighted by Gasteiger charge is -2.36. The molecule has 1 aromatic carbocycles. The minimum atomic E-state index is -0.794. The standard InChI is InChI=1S/C18H15FN4O/c19-13-10-23(11-13)14-6-8-20-16(9-14)18(24)22-15-5-1-3-12-4-2-7-21-17(12)15/h1-9,13H,10-11H2,(H,22,24). The molecule has 0 bridgehead atoms. The highest BCUT2D eigenvalue weighted by molar-refractivity contribution is 6.07. The van der Waals surface area contributed by atoms with Crippen molar-refractivity contribution >= 4 is 28.2 Å². The molecule has 120 valence electrons. The van der Waals surface area contributed by atoms with Gasteiger partial charge in [0.05, 0.1) is 24.3 Å². The van der Waals surface area contributed by atoms with Gasteiger partial charge >= 0.3 is 0 Å². The van der Waals surface area contributed by atoms with E-state index in [1.54, 1.807) is 30.6 Å². The minimum Gasteiger partial charge on any atom is -0.365 e. The summed E-state index contributed by atoms with van der Waals surface area (Å²) in [5.74, 6) is -0.313. The van der Waals surface area contributed by atoms with Crippen LogP contribution < -0.4 is 10.2 Å². The number of fused-ring (bicyclic) bond motifs is 1. The third-order valence-corrected chi connectivity index (χ3v) is 4.06. The fourth-order valence-electron chi connectivity index (χ4n) is 2.77. The first-order valence-corrected chi connectivity index (χ1v) is 7.71. The first-order valence-electron chi connectivity index (χ1n) is 7.71. The van der Waals surface area contributed by atoms with Crippen LogP contribution in [0.1, 0.15) is 10.5 Å². The van der Waals surface area contributed by atoms with Crippen molar-refractivity contribution < 1.29 is 9.18 Å². The molecule has 3 heterocycles. The van der Waals surface area contributed by atoms with Crippen molar-refractivity contribution in [2.24, 2.45) is 0 Å². The first-order chi connectivity index (χ1) is 11.7. The van der Waals surface area contributed by atoms with Crippen LogP contribution in [-0.2, 0) is 0 Å². The van der Waals surface area contributed by atoms with Gasteiger partial charge in [-0.05, 0) is 24.3 Å². The van der Waals surface area contributed by atoms with Crippen molar-refractivity contribution in [1.82, 2.24) is 9.97 Å². The quantitative estimate of drug-likeness (QED) is 0.805. The Bertz CT molecular complexity index is 903. The van der Waals surface area contributed by atoms with Crippen LogP contribution in [0.3, 0.4) is 0 Å². The average Bonchev–Trinajstić information content (AvgIpc) is 2.59. The Kier molecular flexibility index (Phi) is 3.57. The summed E-state index contributed by atoms with van der Waals surface area (Å²) in [5, 5.41) is 3.81. The number of rotatable bonds is 3. The van der Waals surface area contributed by atoms with Crippen molar-refractivity contribution in [3.05, 3.63) is 60.6 Å². The molecule has 4 rings (SSSR count). The summed E-state index contributed by atoms with van der Waals surface area (Å²) >= 11 is 0. The molecule has 0 spiro atoms. The molecule has 0 unspecified atom stereocenters. The molecule has 2 aromatic heterocycles. The second-order valence-corrected chi connectivity index (χ2v) is 5.74. The second kappa shape index (κ2) is 5.88. The fourth-order valence-corrected chi connectivity index (χ4v) is 2.77. The Morgan fingerprint density at radius 3 is 2.79 bits per heavy atom. The lowest BCUT2D eigenvalue weighted by molar-refractivity contribution is 0.102. The number of para-hydroxylation sites is 1. The lowest BCUT2D eigenvalue weighted by atomic mass is 10.1. The van der Waals surface area contributed by atoms with Gasteiger partial charge in [-0.3, -0.25) is 14.8 Å². The zero-order chi connectivity index (χ0) is 16.5. The smallest absolute Gasteiger partial charge is 0.274 e. The van der Waals surface area contributed by atoms with Crippen LogP contribution in [-0.4, -0.2) is 35.1 Å². The molecule has 5 nitrogen and oxygen atoms in total. The maximum atomic E-state index is 13.0. The molecule has 0 saturated carbocycles. The van der Waals surface area contributed by atoms with Gasteiger partial charge in [0.15, 0.2) is 0 Å². The largest absolute Gasteiger partial charge is 0.365 e. The predicted octanol–water partition coefficient (Wildman–Crippen LogP) is 3.04. The molecule has 0 atom stereocenters. The van der Waals surface area contributed by atoms with Crippen molar-refractivity contribution in [2.75, 3.05) is 23.3 Å². The highest BCUT2D eigenvalue weighted by Gasteiger charge is 2.26. The summed E-state index contributed by atoms with van der Waals surface area (Å²) in [6.45, 7) is 0.719. The highest BCUT2D eigenvalue weighted by Crippen LogP contribution is 2.24. The molecule has 0 radical (unpaired) electrons. The number of hydrogen-bond acceptors (Lipinski definition) is 4. The number of carbonyl (C=O) groups is 1. The van der Waals surface area contributed by atoms with Gasteiger partial charge in [0.25, 0.3) is 5.91 Å². The topological polar surface area (TPSA) is 58.1 Å². The van der Waals surface area contributed by atoms with Gasteiger partial charge in [-0.2, -0.15) is 0 Å². The molecule has 1 saturated heterocycles. The van der Waals surface area contributed by atoms with Gasteiger partial charge in [-0.15, -0.1) is 0 Å². The van der Waals surface area contributed by atoms with Gasteiger partial charge < -0.3 is 10.2 Å². The second-order valence-electron chi connectivity index (χ2n) is 5.74. The number of benzene rings is 1. The molecular weight excluding hydrogens is 307 g/mol. The van der Waals surface area contributed by atoms with Gasteiger partial charge in [-0.25, -0.2) is 4.39 Å². The predicted molar refractivity (Wildman–Crippen MR) is 91.0 cm³/mol. The van der Waals surface area contributed by atoms with E-state index in [1.165, 1.54) is 0 Å². The maximum absolute atomic E-state index is 13.0. The summed E-state index contributed by atoms with van der Waals surface area (Å²) in [5.41, 5.74) is 2.47. The van der Waals surface area contributed by atoms with E-state index in [-0.39, 0.29) is 5.91 Å². The van der Waals surface area contributed by atoms with Crippen molar-refractivity contribution in [2.45, 2.75) is 6.17 Å². The summed E-state index contributed by atoms with van der Waals surface area (Å²) in [4.78, 5) is 22.8. The number of pyridine rings is 2. The van der Waals surface area contributed by atoms with E-state index in [1.807, 2.05) is 29.2 Å². The van der Waals surface area contributed by atoms with Crippen LogP contribution in [0.15, 0.2) is 54.9 Å². The molecule has 1 fully saturated rings. The molecule has 1 aliphatic rings. The number of amides is 1. The zero-order valence-corrected chi connectivity index (χ0v) is 12.8. The van der Waals surface area contributed by atoms with Crippen molar-refractivity contribution in [3.8, 4) is 0 Å². The van der Waals surface area contributed by atoms with Gasteiger partial charge in [0.2, 0.25) is 0 Å². The Morgan fingerprint density at radius 2 is 1.96 bits per heavy atom. The van der Waals surface area contributed by atoms with Crippen molar-refractivity contribution in [1.29, 1.82) is 0 Å². The maximum Gasteiger partial charge on any atom is 0.274 e. The van der Waals surface area contributed by atoms with Crippen molar-refractivity contribution in [3.63, 3.8) is 0 Å². The van der Waals surface area contributed by atoms with E-state index >= 15 is 0 Å². The van der Waals surface area contributed by atoms with E-state index in [9.17, 15) is 9.18 Å². The lowest BCUT2D eigenvalue weighted by Crippen LogP contribution is -2.48. The Morgan fingerprint density at radius 1 is 1.12 bits per heavy atom. The summed E-state index contributed by atoms with van der Waals surface area (Å²) < 4.78 is 13.0. The zero-order valence-electron chi connectivity index (χ0n) is 12.8. The molecule has 24 heavy (non-hydrogen) atoms. The number of aromatic nitrogens is 2. The van der Waals surface area contributed by atoms with Crippen LogP contribution in [0.4, 0.5) is 15.8 Å². The van der Waals surface area contributed by atoms with E-state index < -0.39 is 6.17 Å². The monoisotopic (exact) mass is 322 g/mol. The van der Waals surface area contributed by atoms with E-state index in [4.69, 9.17) is 0 Å². The Hall–Kier alpha value is -3.02. The third kappa shape index (κ3) is 2.67. The van der Waals surface area contributed by atoms with Crippen LogP contribution in [0.25, 0.3) is 10.9 Å². The highest BCUT2D eigenvalue weighted by atomic mass is 19.1. The number of anilines is 2. The number of alkyl halides is 1. The van der Waals surface area contributed by atoms with Gasteiger partial charge in [0.1, 0.15) is 11.9 Å². The number of nitrogens with one attached hydrogen (secondary N) is 1. The Labute approximate surface area is 138 Å². The van der Waals surface area contributed by atoms with Crippen LogP contribution in [0.2, 0.25) is 0 Å². The van der Waals surface area contributed by atoms with E-state index in [0.29, 0.717) is 24.5 Å². The fraction of sp³-hybridized carbons (Fsp3) is 0.167. The minimum absolute atomic E-state index is 0.294.